The number of carbonyl (C=O) groups excluding carboxylic acids is 1. The van der Waals surface area contributed by atoms with Crippen LogP contribution in [0.1, 0.15) is 28.0 Å². The van der Waals surface area contributed by atoms with E-state index in [1.807, 2.05) is 0 Å². The molecule has 0 spiro atoms. The molecule has 8 heteroatoms. The number of ether oxygens (including phenoxy) is 1. The predicted molar refractivity (Wildman–Crippen MR) is 69.7 cm³/mol. The Morgan fingerprint density at radius 3 is 2.65 bits per heavy atom. The van der Waals surface area contributed by atoms with Crippen molar-refractivity contribution in [1.29, 1.82) is 0 Å². The van der Waals surface area contributed by atoms with Gasteiger partial charge in [0, 0.05) is 20.1 Å². The molecule has 0 bridgehead atoms. The van der Waals surface area contributed by atoms with Crippen molar-refractivity contribution in [3.05, 3.63) is 27.2 Å². The number of carbonyl (C=O) groups is 2. The average Bonchev–Trinajstić information content (AvgIpc) is 2.39. The smallest absolute Gasteiger partial charge is 0.326 e. The Kier molecular flexibility index (Phi) is 5.39. The zero-order chi connectivity index (χ0) is 15.3. The molecule has 1 aromatic heterocycles. The molecule has 1 heterocycles. The summed E-state index contributed by atoms with van der Waals surface area (Å²) in [5, 5.41) is 17.3. The maximum atomic E-state index is 12.1. The van der Waals surface area contributed by atoms with E-state index in [0.29, 0.717) is 11.3 Å². The van der Waals surface area contributed by atoms with Gasteiger partial charge in [-0.1, -0.05) is 0 Å². The van der Waals surface area contributed by atoms with Gasteiger partial charge in [-0.25, -0.2) is 9.89 Å². The fraction of sp³-hybridized carbons (Fsp3) is 0.500. The fourth-order valence-electron chi connectivity index (χ4n) is 1.62. The van der Waals surface area contributed by atoms with E-state index in [4.69, 9.17) is 9.84 Å². The van der Waals surface area contributed by atoms with Crippen molar-refractivity contribution in [1.82, 2.24) is 15.5 Å². The van der Waals surface area contributed by atoms with Gasteiger partial charge in [-0.05, 0) is 19.4 Å². The Morgan fingerprint density at radius 2 is 2.10 bits per heavy atom. The van der Waals surface area contributed by atoms with Crippen molar-refractivity contribution < 1.29 is 19.4 Å². The molecule has 20 heavy (non-hydrogen) atoms. The number of nitrogens with zero attached hydrogens (tertiary/aromatic N) is 1. The highest BCUT2D eigenvalue weighted by atomic mass is 16.5. The Bertz CT molecular complexity index is 567. The number of aliphatic carboxylic acids is 1. The molecule has 1 rings (SSSR count). The lowest BCUT2D eigenvalue weighted by Crippen LogP contribution is -2.43. The number of H-pyrrole nitrogens is 1. The van der Waals surface area contributed by atoms with E-state index < -0.39 is 23.5 Å². The number of hydrogen-bond acceptors (Lipinski definition) is 5. The Labute approximate surface area is 115 Å². The summed E-state index contributed by atoms with van der Waals surface area (Å²) in [4.78, 5) is 34.7. The molecule has 0 radical (unpaired) electrons. The SMILES string of the molecule is COCCC(NC(=O)c1c(C)c(C)n[nH]c1=O)C(=O)O. The molecular weight excluding hydrogens is 266 g/mol. The molecule has 0 saturated carbocycles. The number of rotatable bonds is 6. The molecule has 0 aromatic carbocycles. The molecule has 8 nitrogen and oxygen atoms in total. The van der Waals surface area contributed by atoms with Crippen LogP contribution in [0.5, 0.6) is 0 Å². The lowest BCUT2D eigenvalue weighted by molar-refractivity contribution is -0.139. The lowest BCUT2D eigenvalue weighted by atomic mass is 10.1. The number of methoxy groups -OCH3 is 1. The van der Waals surface area contributed by atoms with Gasteiger partial charge in [-0.2, -0.15) is 5.10 Å². The van der Waals surface area contributed by atoms with Gasteiger partial charge < -0.3 is 15.2 Å². The van der Waals surface area contributed by atoms with Gasteiger partial charge in [0.1, 0.15) is 11.6 Å². The van der Waals surface area contributed by atoms with Crippen molar-refractivity contribution in [3.8, 4) is 0 Å². The first-order chi connectivity index (χ1) is 9.38. The van der Waals surface area contributed by atoms with Gasteiger partial charge in [0.25, 0.3) is 11.5 Å². The van der Waals surface area contributed by atoms with Crippen LogP contribution in [0.2, 0.25) is 0 Å². The van der Waals surface area contributed by atoms with E-state index in [9.17, 15) is 14.4 Å². The highest BCUT2D eigenvalue weighted by Gasteiger charge is 2.23. The lowest BCUT2D eigenvalue weighted by Gasteiger charge is -2.14. The molecule has 0 saturated heterocycles. The highest BCUT2D eigenvalue weighted by Crippen LogP contribution is 2.06. The maximum Gasteiger partial charge on any atom is 0.326 e. The van der Waals surface area contributed by atoms with Gasteiger partial charge in [-0.3, -0.25) is 9.59 Å². The standard InChI is InChI=1S/C12H17N3O5/c1-6-7(2)14-15-11(17)9(6)10(16)13-8(12(18)19)4-5-20-3/h8H,4-5H2,1-3H3,(H,13,16)(H,15,17)(H,18,19). The molecule has 0 fully saturated rings. The monoisotopic (exact) mass is 283 g/mol. The quantitative estimate of drug-likeness (QED) is 0.653. The first-order valence-corrected chi connectivity index (χ1v) is 5.97. The molecule has 0 aliphatic heterocycles. The van der Waals surface area contributed by atoms with Crippen LogP contribution in [0.4, 0.5) is 0 Å². The number of aromatic nitrogens is 2. The maximum absolute atomic E-state index is 12.1. The van der Waals surface area contributed by atoms with Crippen molar-refractivity contribution in [3.63, 3.8) is 0 Å². The zero-order valence-electron chi connectivity index (χ0n) is 11.5. The molecular formula is C12H17N3O5. The fourth-order valence-corrected chi connectivity index (χ4v) is 1.62. The number of carboxylic acid groups (broad SMARTS) is 1. The molecule has 1 atom stereocenters. The summed E-state index contributed by atoms with van der Waals surface area (Å²) in [6.45, 7) is 3.40. The van der Waals surface area contributed by atoms with Crippen LogP contribution in [-0.4, -0.2) is 46.9 Å². The van der Waals surface area contributed by atoms with E-state index in [0.717, 1.165) is 0 Å². The van der Waals surface area contributed by atoms with E-state index in [1.165, 1.54) is 7.11 Å². The molecule has 0 aliphatic rings. The van der Waals surface area contributed by atoms with Crippen molar-refractivity contribution in [2.24, 2.45) is 0 Å². The molecule has 1 amide bonds. The summed E-state index contributed by atoms with van der Waals surface area (Å²) in [6.07, 6.45) is 0.110. The van der Waals surface area contributed by atoms with Crippen LogP contribution in [0.25, 0.3) is 0 Å². The second-order valence-electron chi connectivity index (χ2n) is 4.28. The summed E-state index contributed by atoms with van der Waals surface area (Å²) in [6, 6.07) is -1.12. The minimum atomic E-state index is -1.18. The second kappa shape index (κ2) is 6.80. The van der Waals surface area contributed by atoms with Gasteiger partial charge in [0.2, 0.25) is 0 Å². The van der Waals surface area contributed by atoms with E-state index in [1.54, 1.807) is 13.8 Å². The summed E-state index contributed by atoms with van der Waals surface area (Å²) < 4.78 is 4.78. The minimum Gasteiger partial charge on any atom is -0.480 e. The van der Waals surface area contributed by atoms with Crippen LogP contribution in [0.15, 0.2) is 4.79 Å². The van der Waals surface area contributed by atoms with Crippen LogP contribution in [0, 0.1) is 13.8 Å². The number of nitrogens with one attached hydrogen (secondary N) is 2. The van der Waals surface area contributed by atoms with Gasteiger partial charge >= 0.3 is 5.97 Å². The third-order valence-electron chi connectivity index (χ3n) is 2.91. The summed E-state index contributed by atoms with van der Waals surface area (Å²) in [7, 11) is 1.43. The number of hydrogen-bond donors (Lipinski definition) is 3. The average molecular weight is 283 g/mol. The summed E-state index contributed by atoms with van der Waals surface area (Å²) in [5.41, 5.74) is 0.142. The van der Waals surface area contributed by atoms with E-state index >= 15 is 0 Å². The van der Waals surface area contributed by atoms with Crippen LogP contribution < -0.4 is 10.9 Å². The molecule has 110 valence electrons. The zero-order valence-corrected chi connectivity index (χ0v) is 11.5. The van der Waals surface area contributed by atoms with Gasteiger partial charge in [0.15, 0.2) is 0 Å². The Balaban J connectivity index is 2.98. The summed E-state index contributed by atoms with van der Waals surface area (Å²) >= 11 is 0. The largest absolute Gasteiger partial charge is 0.480 e. The second-order valence-corrected chi connectivity index (χ2v) is 4.28. The summed E-state index contributed by atoms with van der Waals surface area (Å²) in [5.74, 6) is -1.92. The Morgan fingerprint density at radius 1 is 1.45 bits per heavy atom. The van der Waals surface area contributed by atoms with Gasteiger partial charge in [-0.15, -0.1) is 0 Å². The molecule has 0 aliphatic carbocycles. The third kappa shape index (κ3) is 3.64. The predicted octanol–water partition coefficient (Wildman–Crippen LogP) is -0.394. The minimum absolute atomic E-state index is 0.110. The number of carboxylic acids is 1. The van der Waals surface area contributed by atoms with E-state index in [-0.39, 0.29) is 18.6 Å². The van der Waals surface area contributed by atoms with Crippen LogP contribution >= 0.6 is 0 Å². The first kappa shape index (κ1) is 15.8. The van der Waals surface area contributed by atoms with Crippen LogP contribution in [-0.2, 0) is 9.53 Å². The van der Waals surface area contributed by atoms with E-state index in [2.05, 4.69) is 15.5 Å². The normalized spacial score (nSPS) is 11.9. The molecule has 1 unspecified atom stereocenters. The third-order valence-corrected chi connectivity index (χ3v) is 2.91. The first-order valence-electron chi connectivity index (χ1n) is 5.97. The number of amides is 1. The topological polar surface area (TPSA) is 121 Å². The number of aromatic amines is 1. The van der Waals surface area contributed by atoms with Crippen molar-refractivity contribution >= 4 is 11.9 Å². The van der Waals surface area contributed by atoms with Crippen molar-refractivity contribution in [2.75, 3.05) is 13.7 Å². The Hall–Kier alpha value is -2.22. The molecule has 3 N–H and O–H groups in total. The van der Waals surface area contributed by atoms with Crippen LogP contribution in [0.3, 0.4) is 0 Å². The number of aryl methyl sites for hydroxylation is 1. The highest BCUT2D eigenvalue weighted by molar-refractivity contribution is 5.97. The van der Waals surface area contributed by atoms with Crippen molar-refractivity contribution in [2.45, 2.75) is 26.3 Å². The van der Waals surface area contributed by atoms with Gasteiger partial charge in [0.05, 0.1) is 5.69 Å². The molecule has 1 aromatic rings.